The van der Waals surface area contributed by atoms with Crippen molar-refractivity contribution < 1.29 is 24.2 Å². The van der Waals surface area contributed by atoms with E-state index in [0.717, 1.165) is 36.0 Å². The Labute approximate surface area is 298 Å². The van der Waals surface area contributed by atoms with Gasteiger partial charge in [0.15, 0.2) is 0 Å². The van der Waals surface area contributed by atoms with Crippen molar-refractivity contribution in [2.45, 2.75) is 68.7 Å². The molecule has 2 bridgehead atoms. The Morgan fingerprint density at radius 2 is 1.80 bits per heavy atom. The topological polar surface area (TPSA) is 121 Å². The number of para-hydroxylation sites is 1. The lowest BCUT2D eigenvalue weighted by atomic mass is 9.65. The van der Waals surface area contributed by atoms with E-state index in [0.29, 0.717) is 38.2 Å². The van der Waals surface area contributed by atoms with Crippen LogP contribution in [0.4, 0.5) is 5.69 Å². The smallest absolute Gasteiger partial charge is 0.248 e. The lowest BCUT2D eigenvalue weighted by molar-refractivity contribution is -0.143. The highest BCUT2D eigenvalue weighted by Crippen LogP contribution is 2.69. The van der Waals surface area contributed by atoms with Gasteiger partial charge in [0.25, 0.3) is 0 Å². The van der Waals surface area contributed by atoms with Gasteiger partial charge in [0.1, 0.15) is 24.0 Å². The molecule has 1 N–H and O–H groups in total. The minimum Gasteiger partial charge on any atom is -0.494 e. The lowest BCUT2D eigenvalue weighted by Gasteiger charge is -2.41. The summed E-state index contributed by atoms with van der Waals surface area (Å²) in [6, 6.07) is 14.3. The predicted octanol–water partition coefficient (Wildman–Crippen LogP) is 4.91. The quantitative estimate of drug-likeness (QED) is 0.156. The van der Waals surface area contributed by atoms with E-state index in [1.807, 2.05) is 55.5 Å². The Balaban J connectivity index is 1.36. The first-order chi connectivity index (χ1) is 24.3. The summed E-state index contributed by atoms with van der Waals surface area (Å²) in [5.41, 5.74) is 2.25. The Bertz CT molecular complexity index is 1710. The lowest BCUT2D eigenvalue weighted by Crippen LogP contribution is -2.57. The number of thioether (sulfide) groups is 1. The second-order valence-corrected chi connectivity index (χ2v) is 15.0. The van der Waals surface area contributed by atoms with Crippen LogP contribution in [0.5, 0.6) is 5.75 Å². The first-order valence-electron chi connectivity index (χ1n) is 17.7. The molecule has 0 radical (unpaired) electrons. The molecule has 3 aliphatic rings. The number of benzene rings is 2. The van der Waals surface area contributed by atoms with Gasteiger partial charge in [0.2, 0.25) is 17.7 Å². The van der Waals surface area contributed by atoms with Gasteiger partial charge in [0, 0.05) is 37.2 Å². The molecule has 11 nitrogen and oxygen atoms in total. The first kappa shape index (κ1) is 35.7. The zero-order valence-electron chi connectivity index (χ0n) is 29.0. The summed E-state index contributed by atoms with van der Waals surface area (Å²) < 4.78 is 6.57. The zero-order chi connectivity index (χ0) is 35.4. The van der Waals surface area contributed by atoms with Crippen molar-refractivity contribution in [2.24, 2.45) is 17.8 Å². The number of carbonyl (C=O) groups is 3. The van der Waals surface area contributed by atoms with E-state index in [1.54, 1.807) is 43.3 Å². The largest absolute Gasteiger partial charge is 0.494 e. The number of carbonyl (C=O) groups excluding carboxylic acids is 3. The van der Waals surface area contributed by atoms with Crippen LogP contribution >= 0.6 is 11.8 Å². The fraction of sp³-hybridized carbons (Fsp3) is 0.500. The van der Waals surface area contributed by atoms with Crippen LogP contribution < -0.4 is 9.64 Å². The molecule has 6 atom stereocenters. The molecule has 50 heavy (non-hydrogen) atoms. The van der Waals surface area contributed by atoms with Crippen molar-refractivity contribution in [1.29, 1.82) is 0 Å². The van der Waals surface area contributed by atoms with Crippen molar-refractivity contribution in [3.63, 3.8) is 0 Å². The van der Waals surface area contributed by atoms with Crippen molar-refractivity contribution in [3.8, 4) is 5.75 Å². The fourth-order valence-electron chi connectivity index (χ4n) is 8.32. The number of aliphatic hydroxyl groups excluding tert-OH is 1. The summed E-state index contributed by atoms with van der Waals surface area (Å²) in [7, 11) is 0. The monoisotopic (exact) mass is 700 g/mol. The second-order valence-electron chi connectivity index (χ2n) is 13.5. The van der Waals surface area contributed by atoms with Gasteiger partial charge < -0.3 is 24.5 Å². The molecular weight excluding hydrogens is 653 g/mol. The highest BCUT2D eigenvalue weighted by Gasteiger charge is 2.76. The van der Waals surface area contributed by atoms with Gasteiger partial charge in [0.05, 0.1) is 28.7 Å². The van der Waals surface area contributed by atoms with Crippen molar-refractivity contribution >= 4 is 46.2 Å². The van der Waals surface area contributed by atoms with Crippen LogP contribution in [0.25, 0.3) is 11.0 Å². The van der Waals surface area contributed by atoms with Crippen LogP contribution in [-0.2, 0) is 21.1 Å². The molecule has 4 heterocycles. The van der Waals surface area contributed by atoms with Crippen LogP contribution in [0.15, 0.2) is 73.8 Å². The maximum Gasteiger partial charge on any atom is 0.248 e. The number of anilines is 1. The number of likely N-dealkylation sites (tertiary alicyclic amines) is 1. The molecule has 3 unspecified atom stereocenters. The number of unbranched alkanes of at least 4 members (excludes halogenated alkanes) is 3. The van der Waals surface area contributed by atoms with Crippen LogP contribution in [-0.4, -0.2) is 96.5 Å². The maximum absolute atomic E-state index is 15.0. The summed E-state index contributed by atoms with van der Waals surface area (Å²) in [4.78, 5) is 49.8. The van der Waals surface area contributed by atoms with E-state index < -0.39 is 22.6 Å². The zero-order valence-corrected chi connectivity index (χ0v) is 29.8. The summed E-state index contributed by atoms with van der Waals surface area (Å²) in [5.74, 6) is -0.897. The summed E-state index contributed by atoms with van der Waals surface area (Å²) in [5, 5.41) is 17.9. The Morgan fingerprint density at radius 3 is 2.52 bits per heavy atom. The number of aliphatic hydroxyl groups is 1. The SMILES string of the molecule is C=CCN(Cn1nnc2ccccc21)C(=O)C1N(CCCCCCO)C(=O)[C@@H]2[C@H](C(=O)N(CC=C)c3ccc(OCC)cc3)[C@@H]3CC(C)C12S3. The molecule has 6 rings (SSSR count). The third-order valence-corrected chi connectivity index (χ3v) is 12.6. The van der Waals surface area contributed by atoms with Gasteiger partial charge >= 0.3 is 0 Å². The maximum atomic E-state index is 15.0. The Morgan fingerprint density at radius 1 is 1.06 bits per heavy atom. The van der Waals surface area contributed by atoms with E-state index in [4.69, 9.17) is 4.74 Å². The predicted molar refractivity (Wildman–Crippen MR) is 196 cm³/mol. The van der Waals surface area contributed by atoms with Gasteiger partial charge in [-0.25, -0.2) is 4.68 Å². The van der Waals surface area contributed by atoms with Crippen molar-refractivity contribution in [1.82, 2.24) is 24.8 Å². The number of hydrogen-bond acceptors (Lipinski definition) is 8. The van der Waals surface area contributed by atoms with E-state index in [-0.39, 0.29) is 48.7 Å². The summed E-state index contributed by atoms with van der Waals surface area (Å²) >= 11 is 1.67. The average Bonchev–Trinajstić information content (AvgIpc) is 3.84. The molecule has 2 aromatic carbocycles. The number of amides is 3. The van der Waals surface area contributed by atoms with Gasteiger partial charge in [-0.05, 0) is 68.5 Å². The van der Waals surface area contributed by atoms with E-state index >= 15 is 4.79 Å². The highest BCUT2D eigenvalue weighted by molar-refractivity contribution is 8.02. The molecule has 1 aromatic heterocycles. The van der Waals surface area contributed by atoms with E-state index in [1.165, 1.54) is 0 Å². The standard InChI is InChI=1S/C38H48N6O5S/c1-5-20-41(25-44-30-15-11-10-14-29(30)39-40-44)37(48)34-38-26(4)24-31(50-38)32(33(38)36(47)43(34)22-12-8-9-13-23-45)35(46)42(21-6-2)27-16-18-28(19-17-27)49-7-3/h5-6,10-11,14-19,26,31-34,45H,1-2,7-9,12-13,20-25H2,3-4H3/t26?,31-,32+,33-,34?,38?/m0/s1. The number of hydrogen-bond donors (Lipinski definition) is 1. The molecule has 3 aromatic rings. The fourth-order valence-corrected chi connectivity index (χ4v) is 10.7. The first-order valence-corrected chi connectivity index (χ1v) is 18.6. The van der Waals surface area contributed by atoms with Crippen molar-refractivity contribution in [2.75, 3.05) is 37.7 Å². The minimum atomic E-state index is -0.771. The Kier molecular flexibility index (Phi) is 11.0. The van der Waals surface area contributed by atoms with Gasteiger partial charge in [-0.2, -0.15) is 0 Å². The average molecular weight is 701 g/mol. The third kappa shape index (κ3) is 6.32. The number of ether oxygens (including phenoxy) is 1. The van der Waals surface area contributed by atoms with Crippen LogP contribution in [0.1, 0.15) is 46.0 Å². The molecule has 3 fully saturated rings. The van der Waals surface area contributed by atoms with Crippen LogP contribution in [0.3, 0.4) is 0 Å². The van der Waals surface area contributed by atoms with Gasteiger partial charge in [-0.1, -0.05) is 49.3 Å². The second kappa shape index (κ2) is 15.4. The van der Waals surface area contributed by atoms with Crippen molar-refractivity contribution in [3.05, 3.63) is 73.8 Å². The van der Waals surface area contributed by atoms with E-state index in [9.17, 15) is 14.7 Å². The number of fused-ring (bicyclic) bond motifs is 2. The highest BCUT2D eigenvalue weighted by atomic mass is 32.2. The van der Waals surface area contributed by atoms with Gasteiger partial charge in [-0.15, -0.1) is 30.0 Å². The minimum absolute atomic E-state index is 0.0277. The van der Waals surface area contributed by atoms with Crippen LogP contribution in [0, 0.1) is 17.8 Å². The molecule has 1 spiro atoms. The normalized spacial score (nSPS) is 25.1. The third-order valence-electron chi connectivity index (χ3n) is 10.5. The molecule has 12 heteroatoms. The molecule has 266 valence electrons. The molecule has 0 aliphatic carbocycles. The number of aromatic nitrogens is 3. The Hall–Kier alpha value is -4.16. The van der Waals surface area contributed by atoms with Crippen LogP contribution in [0.2, 0.25) is 0 Å². The molecule has 3 saturated heterocycles. The molecule has 3 amide bonds. The molecule has 3 aliphatic heterocycles. The van der Waals surface area contributed by atoms with E-state index in [2.05, 4.69) is 30.4 Å². The summed E-state index contributed by atoms with van der Waals surface area (Å²) in [6.45, 7) is 13.7. The molecule has 0 saturated carbocycles. The number of rotatable bonds is 17. The number of nitrogens with zero attached hydrogens (tertiary/aromatic N) is 6. The summed E-state index contributed by atoms with van der Waals surface area (Å²) in [6.07, 6.45) is 7.18. The van der Waals surface area contributed by atoms with Gasteiger partial charge in [-0.3, -0.25) is 14.4 Å². The molecular formula is C38H48N6O5S.